The molecule has 1 N–H and O–H groups in total. The number of nitrogens with one attached hydrogen (secondary N) is 1. The maximum atomic E-state index is 14.3. The third-order valence-electron chi connectivity index (χ3n) is 8.40. The Hall–Kier alpha value is -4.46. The Kier molecular flexibility index (Phi) is 12.0. The number of amides is 2. The lowest BCUT2D eigenvalue weighted by Gasteiger charge is -2.31. The molecular weight excluding hydrogens is 576 g/mol. The van der Waals surface area contributed by atoms with Gasteiger partial charge in [-0.1, -0.05) is 109 Å². The third kappa shape index (κ3) is 8.62. The molecular formula is C39H44N2O5. The van der Waals surface area contributed by atoms with Crippen molar-refractivity contribution in [2.24, 2.45) is 0 Å². The Labute approximate surface area is 272 Å². The first-order valence-electron chi connectivity index (χ1n) is 16.3. The van der Waals surface area contributed by atoms with Crippen LogP contribution < -0.4 is 5.32 Å². The van der Waals surface area contributed by atoms with Crippen LogP contribution in [0.5, 0.6) is 0 Å². The molecule has 0 radical (unpaired) electrons. The van der Waals surface area contributed by atoms with Crippen LogP contribution >= 0.6 is 0 Å². The highest BCUT2D eigenvalue weighted by Crippen LogP contribution is 2.44. The van der Waals surface area contributed by atoms with Crippen molar-refractivity contribution >= 4 is 12.0 Å². The van der Waals surface area contributed by atoms with E-state index in [2.05, 4.69) is 29.6 Å². The molecule has 0 saturated carbocycles. The highest BCUT2D eigenvalue weighted by molar-refractivity contribution is 5.86. The van der Waals surface area contributed by atoms with Gasteiger partial charge in [-0.05, 0) is 66.5 Å². The third-order valence-corrected chi connectivity index (χ3v) is 8.40. The number of carbonyl (C=O) groups excluding carboxylic acids is 2. The Balaban J connectivity index is 1.32. The fraction of sp³-hybridized carbons (Fsp3) is 0.333. The van der Waals surface area contributed by atoms with Crippen LogP contribution in [-0.4, -0.2) is 62.1 Å². The second-order valence-electron chi connectivity index (χ2n) is 11.4. The van der Waals surface area contributed by atoms with Crippen LogP contribution in [0.1, 0.15) is 48.4 Å². The van der Waals surface area contributed by atoms with Gasteiger partial charge in [0, 0.05) is 25.7 Å². The van der Waals surface area contributed by atoms with Crippen molar-refractivity contribution in [2.75, 3.05) is 32.9 Å². The van der Waals surface area contributed by atoms with E-state index in [0.717, 1.165) is 33.4 Å². The van der Waals surface area contributed by atoms with Crippen LogP contribution in [0.15, 0.2) is 109 Å². The quantitative estimate of drug-likeness (QED) is 0.137. The summed E-state index contributed by atoms with van der Waals surface area (Å²) < 4.78 is 17.5. The standard InChI is InChI=1S/C39H44N2O5/c1-3-44-37(45-4-2)27-41(26-25-30-17-9-6-10-18-30)38(42)36(24-23-29-15-7-5-8-16-29)40-39(43)46-28-35-33-21-13-11-19-31(33)32-20-12-14-22-34(32)35/h5-22,35-37H,3-4,23-28H2,1-2H3,(H,40,43). The van der Waals surface area contributed by atoms with Gasteiger partial charge in [0.15, 0.2) is 6.29 Å². The molecule has 2 amide bonds. The van der Waals surface area contributed by atoms with Crippen molar-refractivity contribution in [1.82, 2.24) is 10.2 Å². The number of aryl methyl sites for hydroxylation is 1. The van der Waals surface area contributed by atoms with Gasteiger partial charge in [0.1, 0.15) is 12.6 Å². The summed E-state index contributed by atoms with van der Waals surface area (Å²) in [6.45, 7) is 5.61. The summed E-state index contributed by atoms with van der Waals surface area (Å²) in [4.78, 5) is 29.5. The molecule has 0 aliphatic heterocycles. The molecule has 5 rings (SSSR count). The van der Waals surface area contributed by atoms with Gasteiger partial charge < -0.3 is 24.4 Å². The zero-order valence-electron chi connectivity index (χ0n) is 26.8. The number of ether oxygens (including phenoxy) is 3. The Morgan fingerprint density at radius 1 is 0.717 bits per heavy atom. The first kappa shape index (κ1) is 32.9. The van der Waals surface area contributed by atoms with Crippen LogP contribution in [0, 0.1) is 0 Å². The fourth-order valence-electron chi connectivity index (χ4n) is 6.12. The predicted octanol–water partition coefficient (Wildman–Crippen LogP) is 7.00. The fourth-order valence-corrected chi connectivity index (χ4v) is 6.12. The van der Waals surface area contributed by atoms with Gasteiger partial charge in [0.25, 0.3) is 0 Å². The van der Waals surface area contributed by atoms with Gasteiger partial charge in [-0.3, -0.25) is 4.79 Å². The number of carbonyl (C=O) groups is 2. The molecule has 4 aromatic rings. The van der Waals surface area contributed by atoms with E-state index in [4.69, 9.17) is 14.2 Å². The molecule has 0 heterocycles. The molecule has 1 aliphatic carbocycles. The van der Waals surface area contributed by atoms with E-state index in [0.29, 0.717) is 39.0 Å². The first-order valence-corrected chi connectivity index (χ1v) is 16.3. The molecule has 1 unspecified atom stereocenters. The molecule has 0 fully saturated rings. The van der Waals surface area contributed by atoms with Gasteiger partial charge in [-0.2, -0.15) is 0 Å². The molecule has 7 heteroatoms. The van der Waals surface area contributed by atoms with Gasteiger partial charge in [0.2, 0.25) is 5.91 Å². The molecule has 1 aliphatic rings. The summed E-state index contributed by atoms with van der Waals surface area (Å²) in [6.07, 6.45) is 0.520. The van der Waals surface area contributed by atoms with Crippen molar-refractivity contribution < 1.29 is 23.8 Å². The number of hydrogen-bond acceptors (Lipinski definition) is 5. The summed E-state index contributed by atoms with van der Waals surface area (Å²) >= 11 is 0. The maximum absolute atomic E-state index is 14.3. The summed E-state index contributed by atoms with van der Waals surface area (Å²) in [5.41, 5.74) is 6.81. The molecule has 0 spiro atoms. The Morgan fingerprint density at radius 2 is 1.24 bits per heavy atom. The molecule has 0 aromatic heterocycles. The van der Waals surface area contributed by atoms with Gasteiger partial charge in [-0.25, -0.2) is 4.79 Å². The zero-order chi connectivity index (χ0) is 32.1. The second-order valence-corrected chi connectivity index (χ2v) is 11.4. The van der Waals surface area contributed by atoms with E-state index in [1.807, 2.05) is 98.8 Å². The van der Waals surface area contributed by atoms with Gasteiger partial charge in [0.05, 0.1) is 6.54 Å². The maximum Gasteiger partial charge on any atom is 0.407 e. The summed E-state index contributed by atoms with van der Waals surface area (Å²) in [5.74, 6) is -0.262. The topological polar surface area (TPSA) is 77.1 Å². The van der Waals surface area contributed by atoms with E-state index in [1.54, 1.807) is 4.90 Å². The van der Waals surface area contributed by atoms with Crippen molar-refractivity contribution in [1.29, 1.82) is 0 Å². The van der Waals surface area contributed by atoms with Gasteiger partial charge in [-0.15, -0.1) is 0 Å². The highest BCUT2D eigenvalue weighted by Gasteiger charge is 2.31. The van der Waals surface area contributed by atoms with Crippen LogP contribution in [0.25, 0.3) is 11.1 Å². The first-order chi connectivity index (χ1) is 22.6. The van der Waals surface area contributed by atoms with Crippen molar-refractivity contribution in [3.05, 3.63) is 131 Å². The summed E-state index contributed by atoms with van der Waals surface area (Å²) in [7, 11) is 0. The number of nitrogens with zero attached hydrogens (tertiary/aromatic N) is 1. The average molecular weight is 621 g/mol. The van der Waals surface area contributed by atoms with Crippen LogP contribution in [-0.2, 0) is 31.8 Å². The van der Waals surface area contributed by atoms with Crippen molar-refractivity contribution in [2.45, 2.75) is 51.4 Å². The molecule has 1 atom stereocenters. The number of rotatable bonds is 16. The molecule has 0 saturated heterocycles. The lowest BCUT2D eigenvalue weighted by molar-refractivity contribution is -0.160. The lowest BCUT2D eigenvalue weighted by Crippen LogP contribution is -2.52. The minimum absolute atomic E-state index is 0.0721. The van der Waals surface area contributed by atoms with Gasteiger partial charge >= 0.3 is 6.09 Å². The molecule has 4 aromatic carbocycles. The molecule has 0 bridgehead atoms. The normalized spacial score (nSPS) is 12.8. The minimum atomic E-state index is -0.796. The number of benzene rings is 4. The lowest BCUT2D eigenvalue weighted by atomic mass is 9.98. The highest BCUT2D eigenvalue weighted by atomic mass is 16.7. The summed E-state index contributed by atoms with van der Waals surface area (Å²) in [6, 6.07) is 35.7. The largest absolute Gasteiger partial charge is 0.449 e. The molecule has 46 heavy (non-hydrogen) atoms. The monoisotopic (exact) mass is 620 g/mol. The van der Waals surface area contributed by atoms with Crippen LogP contribution in [0.4, 0.5) is 4.79 Å². The van der Waals surface area contributed by atoms with E-state index in [9.17, 15) is 9.59 Å². The Morgan fingerprint density at radius 3 is 1.80 bits per heavy atom. The predicted molar refractivity (Wildman–Crippen MR) is 181 cm³/mol. The summed E-state index contributed by atoms with van der Waals surface area (Å²) in [5, 5.41) is 2.94. The van der Waals surface area contributed by atoms with E-state index >= 15 is 0 Å². The van der Waals surface area contributed by atoms with Crippen LogP contribution in [0.2, 0.25) is 0 Å². The number of hydrogen-bond donors (Lipinski definition) is 1. The minimum Gasteiger partial charge on any atom is -0.449 e. The number of fused-ring (bicyclic) bond motifs is 3. The molecule has 240 valence electrons. The molecule has 7 nitrogen and oxygen atoms in total. The van der Waals surface area contributed by atoms with Crippen LogP contribution in [0.3, 0.4) is 0 Å². The second kappa shape index (κ2) is 16.7. The van der Waals surface area contributed by atoms with Crippen molar-refractivity contribution in [3.8, 4) is 11.1 Å². The average Bonchev–Trinajstić information content (AvgIpc) is 3.41. The Bertz CT molecular complexity index is 1490. The number of alkyl carbamates (subject to hydrolysis) is 1. The van der Waals surface area contributed by atoms with E-state index in [1.165, 1.54) is 0 Å². The zero-order valence-corrected chi connectivity index (χ0v) is 26.8. The SMILES string of the molecule is CCOC(CN(CCc1ccccc1)C(=O)C(CCc1ccccc1)NC(=O)OCC1c2ccccc2-c2ccccc21)OCC. The van der Waals surface area contributed by atoms with E-state index < -0.39 is 18.4 Å². The van der Waals surface area contributed by atoms with E-state index in [-0.39, 0.29) is 25.0 Å². The smallest absolute Gasteiger partial charge is 0.407 e. The van der Waals surface area contributed by atoms with Crippen molar-refractivity contribution in [3.63, 3.8) is 0 Å².